The number of carbonyl (C=O) groups excluding carboxylic acids is 2. The van der Waals surface area contributed by atoms with E-state index in [9.17, 15) is 14.7 Å². The van der Waals surface area contributed by atoms with Gasteiger partial charge < -0.3 is 10.0 Å². The van der Waals surface area contributed by atoms with Crippen molar-refractivity contribution < 1.29 is 14.7 Å². The van der Waals surface area contributed by atoms with Gasteiger partial charge in [-0.15, -0.1) is 0 Å². The molecule has 2 saturated heterocycles. The van der Waals surface area contributed by atoms with Crippen molar-refractivity contribution in [2.45, 2.75) is 32.4 Å². The summed E-state index contributed by atoms with van der Waals surface area (Å²) in [4.78, 5) is 29.0. The summed E-state index contributed by atoms with van der Waals surface area (Å²) in [6.07, 6.45) is 1.89. The number of amides is 1. The fourth-order valence-corrected chi connectivity index (χ4v) is 5.68. The Hall–Kier alpha value is -3.44. The van der Waals surface area contributed by atoms with Crippen LogP contribution in [0.5, 0.6) is 5.75 Å². The molecule has 34 heavy (non-hydrogen) atoms. The second-order valence-corrected chi connectivity index (χ2v) is 9.64. The Bertz CT molecular complexity index is 1180. The largest absolute Gasteiger partial charge is 0.508 e. The molecule has 1 unspecified atom stereocenters. The van der Waals surface area contributed by atoms with E-state index in [-0.39, 0.29) is 23.1 Å². The lowest BCUT2D eigenvalue weighted by Gasteiger charge is -2.61. The van der Waals surface area contributed by atoms with E-state index in [0.29, 0.717) is 23.4 Å². The molecule has 0 saturated carbocycles. The summed E-state index contributed by atoms with van der Waals surface area (Å²) in [5, 5.41) is 10.3. The third-order valence-corrected chi connectivity index (χ3v) is 7.53. The molecule has 174 valence electrons. The Morgan fingerprint density at radius 1 is 0.882 bits per heavy atom. The minimum absolute atomic E-state index is 0.00391. The zero-order valence-corrected chi connectivity index (χ0v) is 19.5. The normalized spacial score (nSPS) is 19.6. The quantitative estimate of drug-likeness (QED) is 0.547. The van der Waals surface area contributed by atoms with Gasteiger partial charge in [-0.25, -0.2) is 0 Å². The summed E-state index contributed by atoms with van der Waals surface area (Å²) in [5.74, 6) is 0.377. The van der Waals surface area contributed by atoms with Crippen molar-refractivity contribution in [3.05, 3.63) is 101 Å². The number of carbonyl (C=O) groups is 2. The molecule has 0 aliphatic carbocycles. The van der Waals surface area contributed by atoms with Gasteiger partial charge >= 0.3 is 0 Å². The molecular formula is C29H30N2O3. The smallest absolute Gasteiger partial charge is 0.253 e. The summed E-state index contributed by atoms with van der Waals surface area (Å²) in [7, 11) is 0. The Kier molecular flexibility index (Phi) is 5.96. The minimum atomic E-state index is 0.00391. The number of Topliss-reactive ketones (excluding diaryl/α,β-unsaturated/α-hetero) is 1. The van der Waals surface area contributed by atoms with Crippen LogP contribution in [0.15, 0.2) is 78.9 Å². The van der Waals surface area contributed by atoms with Crippen molar-refractivity contribution in [3.8, 4) is 5.75 Å². The monoisotopic (exact) mass is 454 g/mol. The number of hydrogen-bond donors (Lipinski definition) is 1. The SMILES string of the molecule is CC(=O)c1ccc(C(=O)N2CCC3(CC2)CN(Cc2ccccc2O)C3c2ccccc2)cc1. The van der Waals surface area contributed by atoms with Gasteiger partial charge in [0, 0.05) is 54.3 Å². The number of aromatic hydroxyl groups is 1. The molecule has 3 aromatic carbocycles. The number of nitrogens with zero attached hydrogens (tertiary/aromatic N) is 2. The highest BCUT2D eigenvalue weighted by atomic mass is 16.3. The first-order valence-electron chi connectivity index (χ1n) is 11.9. The molecule has 0 bridgehead atoms. The molecular weight excluding hydrogens is 424 g/mol. The van der Waals surface area contributed by atoms with Crippen LogP contribution in [0.3, 0.4) is 0 Å². The van der Waals surface area contributed by atoms with Gasteiger partial charge in [-0.05, 0) is 43.5 Å². The molecule has 5 heteroatoms. The van der Waals surface area contributed by atoms with Crippen LogP contribution in [0.4, 0.5) is 0 Å². The first-order valence-corrected chi connectivity index (χ1v) is 11.9. The van der Waals surface area contributed by atoms with Gasteiger partial charge in [0.2, 0.25) is 0 Å². The summed E-state index contributed by atoms with van der Waals surface area (Å²) in [6, 6.07) is 25.4. The number of para-hydroxylation sites is 1. The fourth-order valence-electron chi connectivity index (χ4n) is 5.68. The maximum absolute atomic E-state index is 13.1. The second kappa shape index (κ2) is 9.07. The van der Waals surface area contributed by atoms with E-state index in [1.807, 2.05) is 29.2 Å². The third-order valence-electron chi connectivity index (χ3n) is 7.53. The highest BCUT2D eigenvalue weighted by Gasteiger charge is 2.54. The van der Waals surface area contributed by atoms with E-state index in [1.165, 1.54) is 12.5 Å². The van der Waals surface area contributed by atoms with Gasteiger partial charge in [0.15, 0.2) is 5.78 Å². The molecule has 2 aliphatic heterocycles. The number of benzene rings is 3. The van der Waals surface area contributed by atoms with Gasteiger partial charge in [0.05, 0.1) is 0 Å². The molecule has 0 radical (unpaired) electrons. The molecule has 5 rings (SSSR count). The lowest BCUT2D eigenvalue weighted by molar-refractivity contribution is -0.113. The predicted octanol–water partition coefficient (Wildman–Crippen LogP) is 5.07. The standard InChI is InChI=1S/C29H30N2O3/c1-21(32)22-11-13-24(14-12-22)28(34)30-17-15-29(16-18-30)20-31(19-25-9-5-6-10-26(25)33)27(29)23-7-3-2-4-8-23/h2-14,27,33H,15-20H2,1H3. The van der Waals surface area contributed by atoms with Crippen LogP contribution in [-0.2, 0) is 6.54 Å². The van der Waals surface area contributed by atoms with E-state index in [2.05, 4.69) is 29.2 Å². The maximum Gasteiger partial charge on any atom is 0.253 e. The summed E-state index contributed by atoms with van der Waals surface area (Å²) >= 11 is 0. The van der Waals surface area contributed by atoms with Crippen LogP contribution in [0.25, 0.3) is 0 Å². The van der Waals surface area contributed by atoms with Crippen LogP contribution in [0.1, 0.15) is 57.7 Å². The molecule has 5 nitrogen and oxygen atoms in total. The van der Waals surface area contributed by atoms with Crippen LogP contribution >= 0.6 is 0 Å². The van der Waals surface area contributed by atoms with Gasteiger partial charge in [-0.2, -0.15) is 0 Å². The first kappa shape index (κ1) is 22.4. The average Bonchev–Trinajstić information content (AvgIpc) is 2.85. The Morgan fingerprint density at radius 2 is 1.50 bits per heavy atom. The van der Waals surface area contributed by atoms with Crippen molar-refractivity contribution >= 4 is 11.7 Å². The second-order valence-electron chi connectivity index (χ2n) is 9.64. The van der Waals surface area contributed by atoms with Crippen LogP contribution < -0.4 is 0 Å². The minimum Gasteiger partial charge on any atom is -0.508 e. The highest BCUT2D eigenvalue weighted by molar-refractivity contribution is 5.97. The van der Waals surface area contributed by atoms with Crippen molar-refractivity contribution in [3.63, 3.8) is 0 Å². The number of phenols is 1. The summed E-state index contributed by atoms with van der Waals surface area (Å²) in [6.45, 7) is 4.64. The predicted molar refractivity (Wildman–Crippen MR) is 132 cm³/mol. The van der Waals surface area contributed by atoms with Crippen LogP contribution in [0.2, 0.25) is 0 Å². The van der Waals surface area contributed by atoms with Gasteiger partial charge in [-0.1, -0.05) is 60.7 Å². The number of phenolic OH excluding ortho intramolecular Hbond substituents is 1. The summed E-state index contributed by atoms with van der Waals surface area (Å²) in [5.41, 5.74) is 3.62. The Balaban J connectivity index is 1.31. The van der Waals surface area contributed by atoms with Crippen molar-refractivity contribution in [1.82, 2.24) is 9.80 Å². The topological polar surface area (TPSA) is 60.9 Å². The fraction of sp³-hybridized carbons (Fsp3) is 0.310. The van der Waals surface area contributed by atoms with Crippen molar-refractivity contribution in [2.24, 2.45) is 5.41 Å². The Morgan fingerprint density at radius 3 is 2.15 bits per heavy atom. The van der Waals surface area contributed by atoms with E-state index in [0.717, 1.165) is 38.0 Å². The third kappa shape index (κ3) is 4.12. The van der Waals surface area contributed by atoms with Crippen molar-refractivity contribution in [2.75, 3.05) is 19.6 Å². The van der Waals surface area contributed by atoms with E-state index in [4.69, 9.17) is 0 Å². The van der Waals surface area contributed by atoms with Gasteiger partial charge in [0.1, 0.15) is 5.75 Å². The van der Waals surface area contributed by atoms with Gasteiger partial charge in [0.25, 0.3) is 5.91 Å². The zero-order valence-electron chi connectivity index (χ0n) is 19.5. The van der Waals surface area contributed by atoms with Crippen LogP contribution in [-0.4, -0.2) is 46.2 Å². The van der Waals surface area contributed by atoms with Crippen molar-refractivity contribution in [1.29, 1.82) is 0 Å². The molecule has 3 aromatic rings. The number of likely N-dealkylation sites (tertiary alicyclic amines) is 2. The molecule has 2 aliphatic rings. The Labute approximate surface area is 200 Å². The summed E-state index contributed by atoms with van der Waals surface area (Å²) < 4.78 is 0. The first-order chi connectivity index (χ1) is 16.5. The lowest BCUT2D eigenvalue weighted by atomic mass is 9.63. The molecule has 2 fully saturated rings. The van der Waals surface area contributed by atoms with Gasteiger partial charge in [-0.3, -0.25) is 14.5 Å². The molecule has 0 aromatic heterocycles. The molecule has 1 spiro atoms. The molecule has 2 heterocycles. The number of rotatable bonds is 5. The number of piperidine rings is 1. The molecule has 1 amide bonds. The van der Waals surface area contributed by atoms with Crippen LogP contribution in [0, 0.1) is 5.41 Å². The van der Waals surface area contributed by atoms with E-state index >= 15 is 0 Å². The molecule has 1 atom stereocenters. The lowest BCUT2D eigenvalue weighted by Crippen LogP contribution is -2.62. The average molecular weight is 455 g/mol. The number of ketones is 1. The molecule has 1 N–H and O–H groups in total. The van der Waals surface area contributed by atoms with E-state index in [1.54, 1.807) is 30.3 Å². The number of hydrogen-bond acceptors (Lipinski definition) is 4. The highest BCUT2D eigenvalue weighted by Crippen LogP contribution is 2.55. The zero-order chi connectivity index (χ0) is 23.7. The van der Waals surface area contributed by atoms with E-state index < -0.39 is 0 Å². The maximum atomic E-state index is 13.1.